The zero-order chi connectivity index (χ0) is 13.3. The molecule has 98 valence electrons. The predicted octanol–water partition coefficient (Wildman–Crippen LogP) is 1.03. The normalized spacial score (nSPS) is 12.1. The van der Waals surface area contributed by atoms with Crippen molar-refractivity contribution < 1.29 is 5.11 Å². The van der Waals surface area contributed by atoms with Gasteiger partial charge in [-0.1, -0.05) is 0 Å². The van der Waals surface area contributed by atoms with E-state index in [0.717, 1.165) is 18.1 Å². The van der Waals surface area contributed by atoms with E-state index in [0.29, 0.717) is 12.3 Å². The largest absolute Gasteiger partial charge is 0.389 e. The third-order valence-electron chi connectivity index (χ3n) is 2.64. The van der Waals surface area contributed by atoms with E-state index in [1.165, 1.54) is 6.33 Å². The molecule has 2 heterocycles. The van der Waals surface area contributed by atoms with Crippen molar-refractivity contribution in [2.24, 2.45) is 0 Å². The molecule has 2 rings (SSSR count). The second-order valence-electron chi connectivity index (χ2n) is 5.05. The van der Waals surface area contributed by atoms with Gasteiger partial charge in [-0.2, -0.15) is 14.6 Å². The molecule has 0 saturated carbocycles. The lowest BCUT2D eigenvalue weighted by Gasteiger charge is -2.29. The molecule has 0 aliphatic carbocycles. The molecule has 0 bridgehead atoms. The fraction of sp³-hybridized carbons (Fsp3) is 0.583. The summed E-state index contributed by atoms with van der Waals surface area (Å²) in [6.45, 7) is 8.87. The zero-order valence-corrected chi connectivity index (χ0v) is 11.3. The van der Waals surface area contributed by atoms with E-state index < -0.39 is 5.60 Å². The second kappa shape index (κ2) is 4.53. The maximum absolute atomic E-state index is 9.97. The Morgan fingerprint density at radius 3 is 2.78 bits per heavy atom. The average molecular weight is 249 g/mol. The van der Waals surface area contributed by atoms with Gasteiger partial charge in [0.05, 0.1) is 5.60 Å². The van der Waals surface area contributed by atoms with Gasteiger partial charge in [0.2, 0.25) is 0 Å². The maximum Gasteiger partial charge on any atom is 0.254 e. The molecule has 0 atom stereocenters. The summed E-state index contributed by atoms with van der Waals surface area (Å²) in [5, 5.41) is 14.1. The summed E-state index contributed by atoms with van der Waals surface area (Å²) in [6, 6.07) is 1.96. The lowest BCUT2D eigenvalue weighted by atomic mass is 10.1. The molecular formula is C12H19N5O. The van der Waals surface area contributed by atoms with Crippen LogP contribution in [0.3, 0.4) is 0 Å². The van der Waals surface area contributed by atoms with Crippen LogP contribution in [0.5, 0.6) is 0 Å². The number of likely N-dealkylation sites (N-methyl/N-ethyl adjacent to an activating group) is 1. The van der Waals surface area contributed by atoms with E-state index in [-0.39, 0.29) is 0 Å². The molecule has 0 unspecified atom stereocenters. The lowest BCUT2D eigenvalue weighted by Crippen LogP contribution is -2.39. The van der Waals surface area contributed by atoms with Crippen LogP contribution in [0.25, 0.3) is 5.78 Å². The molecule has 0 aromatic carbocycles. The van der Waals surface area contributed by atoms with Crippen molar-refractivity contribution in [3.8, 4) is 0 Å². The Bertz CT molecular complexity index is 543. The molecule has 1 N–H and O–H groups in total. The van der Waals surface area contributed by atoms with Crippen LogP contribution in [0, 0.1) is 6.92 Å². The van der Waals surface area contributed by atoms with Crippen molar-refractivity contribution in [2.45, 2.75) is 33.3 Å². The molecule has 0 spiro atoms. The van der Waals surface area contributed by atoms with Gasteiger partial charge >= 0.3 is 0 Å². The molecular weight excluding hydrogens is 230 g/mol. The highest BCUT2D eigenvalue weighted by Crippen LogP contribution is 2.18. The van der Waals surface area contributed by atoms with Crippen LogP contribution in [-0.2, 0) is 0 Å². The van der Waals surface area contributed by atoms with E-state index in [4.69, 9.17) is 0 Å². The monoisotopic (exact) mass is 249 g/mol. The average Bonchev–Trinajstić information content (AvgIpc) is 2.71. The van der Waals surface area contributed by atoms with E-state index in [1.807, 2.05) is 19.9 Å². The number of fused-ring (bicyclic) bond motifs is 1. The molecule has 0 radical (unpaired) electrons. The summed E-state index contributed by atoms with van der Waals surface area (Å²) in [5.41, 5.74) is 0.125. The molecule has 0 saturated heterocycles. The second-order valence-corrected chi connectivity index (χ2v) is 5.05. The van der Waals surface area contributed by atoms with Crippen LogP contribution in [0.1, 0.15) is 26.5 Å². The number of rotatable bonds is 4. The third-order valence-corrected chi connectivity index (χ3v) is 2.64. The third kappa shape index (κ3) is 2.59. The number of aryl methyl sites for hydroxylation is 1. The van der Waals surface area contributed by atoms with Crippen LogP contribution in [0.15, 0.2) is 12.4 Å². The Hall–Kier alpha value is -1.69. The summed E-state index contributed by atoms with van der Waals surface area (Å²) in [7, 11) is 0. The van der Waals surface area contributed by atoms with Crippen LogP contribution < -0.4 is 4.90 Å². The Morgan fingerprint density at radius 1 is 1.44 bits per heavy atom. The molecule has 0 fully saturated rings. The number of nitrogens with zero attached hydrogens (tertiary/aromatic N) is 5. The minimum Gasteiger partial charge on any atom is -0.389 e. The van der Waals surface area contributed by atoms with Crippen molar-refractivity contribution in [3.05, 3.63) is 18.1 Å². The topological polar surface area (TPSA) is 66.5 Å². The Labute approximate surface area is 106 Å². The van der Waals surface area contributed by atoms with Gasteiger partial charge in [-0.05, 0) is 27.7 Å². The summed E-state index contributed by atoms with van der Waals surface area (Å²) >= 11 is 0. The predicted molar refractivity (Wildman–Crippen MR) is 69.7 cm³/mol. The Morgan fingerprint density at radius 2 is 2.17 bits per heavy atom. The number of anilines is 1. The first-order chi connectivity index (χ1) is 8.40. The van der Waals surface area contributed by atoms with Gasteiger partial charge < -0.3 is 10.0 Å². The van der Waals surface area contributed by atoms with Gasteiger partial charge in [0.25, 0.3) is 5.78 Å². The van der Waals surface area contributed by atoms with Crippen LogP contribution in [0.2, 0.25) is 0 Å². The van der Waals surface area contributed by atoms with Crippen molar-refractivity contribution in [1.29, 1.82) is 0 Å². The molecule has 2 aromatic rings. The Balaban J connectivity index is 2.47. The van der Waals surface area contributed by atoms with Gasteiger partial charge in [-0.3, -0.25) is 0 Å². The molecule has 0 amide bonds. The first-order valence-electron chi connectivity index (χ1n) is 6.05. The number of aliphatic hydroxyl groups is 1. The molecule has 18 heavy (non-hydrogen) atoms. The highest BCUT2D eigenvalue weighted by atomic mass is 16.3. The van der Waals surface area contributed by atoms with Crippen molar-refractivity contribution in [3.63, 3.8) is 0 Å². The Kier molecular flexibility index (Phi) is 3.21. The van der Waals surface area contributed by atoms with Crippen molar-refractivity contribution in [2.75, 3.05) is 18.0 Å². The van der Waals surface area contributed by atoms with E-state index >= 15 is 0 Å². The zero-order valence-electron chi connectivity index (χ0n) is 11.3. The molecule has 0 aliphatic rings. The fourth-order valence-electron chi connectivity index (χ4n) is 1.96. The fourth-order valence-corrected chi connectivity index (χ4v) is 1.96. The number of hydrogen-bond donors (Lipinski definition) is 1. The van der Waals surface area contributed by atoms with Crippen LogP contribution in [0.4, 0.5) is 5.82 Å². The lowest BCUT2D eigenvalue weighted by molar-refractivity contribution is 0.0873. The summed E-state index contributed by atoms with van der Waals surface area (Å²) < 4.78 is 1.70. The molecule has 2 aromatic heterocycles. The summed E-state index contributed by atoms with van der Waals surface area (Å²) in [6.07, 6.45) is 1.49. The highest BCUT2D eigenvalue weighted by Gasteiger charge is 2.20. The maximum atomic E-state index is 9.97. The molecule has 6 nitrogen and oxygen atoms in total. The van der Waals surface area contributed by atoms with Gasteiger partial charge in [0, 0.05) is 24.8 Å². The summed E-state index contributed by atoms with van der Waals surface area (Å²) in [5.74, 6) is 1.49. The minimum absolute atomic E-state index is 0.530. The van der Waals surface area contributed by atoms with Gasteiger partial charge in [-0.25, -0.2) is 4.98 Å². The summed E-state index contributed by atoms with van der Waals surface area (Å²) in [4.78, 5) is 10.5. The smallest absolute Gasteiger partial charge is 0.254 e. The van der Waals surface area contributed by atoms with Gasteiger partial charge in [0.15, 0.2) is 0 Å². The first-order valence-corrected chi connectivity index (χ1v) is 6.05. The standard InChI is InChI=1S/C12H19N5O/c1-5-16(7-12(3,4)18)10-6-9(2)15-11-13-8-14-17(10)11/h6,8,18H,5,7H2,1-4H3. The quantitative estimate of drug-likeness (QED) is 0.876. The SMILES string of the molecule is CCN(CC(C)(C)O)c1cc(C)nc2ncnn12. The van der Waals surface area contributed by atoms with Crippen LogP contribution >= 0.6 is 0 Å². The minimum atomic E-state index is -0.764. The van der Waals surface area contributed by atoms with E-state index in [9.17, 15) is 5.11 Å². The van der Waals surface area contributed by atoms with Gasteiger partial charge in [0.1, 0.15) is 12.1 Å². The van der Waals surface area contributed by atoms with Gasteiger partial charge in [-0.15, -0.1) is 0 Å². The molecule has 6 heteroatoms. The molecule has 0 aliphatic heterocycles. The van der Waals surface area contributed by atoms with Crippen molar-refractivity contribution in [1.82, 2.24) is 19.6 Å². The highest BCUT2D eigenvalue weighted by molar-refractivity contribution is 5.47. The first kappa shape index (κ1) is 12.8. The number of hydrogen-bond acceptors (Lipinski definition) is 5. The number of aromatic nitrogens is 4. The van der Waals surface area contributed by atoms with E-state index in [1.54, 1.807) is 18.4 Å². The van der Waals surface area contributed by atoms with Crippen molar-refractivity contribution >= 4 is 11.6 Å². The van der Waals surface area contributed by atoms with Crippen LogP contribution in [-0.4, -0.2) is 43.4 Å². The van der Waals surface area contributed by atoms with E-state index in [2.05, 4.69) is 20.0 Å².